The van der Waals surface area contributed by atoms with Crippen molar-refractivity contribution in [2.45, 2.75) is 6.42 Å². The fourth-order valence-electron chi connectivity index (χ4n) is 4.19. The molecule has 0 aliphatic rings. The maximum Gasteiger partial charge on any atom is 0.249 e. The van der Waals surface area contributed by atoms with E-state index in [-0.39, 0.29) is 0 Å². The molecule has 1 heterocycles. The number of nitrogens with one attached hydrogen (secondary N) is 1. The van der Waals surface area contributed by atoms with Crippen molar-refractivity contribution in [2.24, 2.45) is 5.73 Å². The van der Waals surface area contributed by atoms with Crippen molar-refractivity contribution in [3.05, 3.63) is 83.6 Å². The summed E-state index contributed by atoms with van der Waals surface area (Å²) in [7, 11) is 1.62. The summed E-state index contributed by atoms with van der Waals surface area (Å²) in [5.41, 5.74) is 14.6. The number of hydrogen-bond donors (Lipinski definition) is 3. The van der Waals surface area contributed by atoms with Gasteiger partial charge in [0.1, 0.15) is 17.3 Å². The van der Waals surface area contributed by atoms with E-state index in [1.807, 2.05) is 36.4 Å². The molecule has 206 valence electrons. The molecule has 0 saturated heterocycles. The number of nitrogens with zero attached hydrogens (tertiary/aromatic N) is 1. The number of aromatic nitrogens is 1. The number of rotatable bonds is 14. The minimum absolute atomic E-state index is 0.318. The van der Waals surface area contributed by atoms with E-state index >= 15 is 0 Å². The minimum Gasteiger partial charge on any atom is -0.457 e. The van der Waals surface area contributed by atoms with Crippen molar-refractivity contribution in [3.63, 3.8) is 0 Å². The van der Waals surface area contributed by atoms with Gasteiger partial charge in [0.05, 0.1) is 33.0 Å². The highest BCUT2D eigenvalue weighted by Gasteiger charge is 2.16. The van der Waals surface area contributed by atoms with Crippen molar-refractivity contribution in [3.8, 4) is 23.8 Å². The third-order valence-electron chi connectivity index (χ3n) is 6.12. The lowest BCUT2D eigenvalue weighted by atomic mass is 9.98. The van der Waals surface area contributed by atoms with Crippen molar-refractivity contribution in [1.29, 1.82) is 0 Å². The molecule has 0 aliphatic carbocycles. The van der Waals surface area contributed by atoms with E-state index < -0.39 is 5.91 Å². The van der Waals surface area contributed by atoms with Crippen LogP contribution in [0.5, 0.6) is 11.5 Å². The Morgan fingerprint density at radius 2 is 1.73 bits per heavy atom. The molecule has 0 radical (unpaired) electrons. The quantitative estimate of drug-likeness (QED) is 0.120. The fraction of sp³-hybridized carbons (Fsp3) is 0.226. The van der Waals surface area contributed by atoms with Gasteiger partial charge in [0, 0.05) is 52.6 Å². The molecule has 0 spiro atoms. The van der Waals surface area contributed by atoms with Crippen LogP contribution in [0.2, 0.25) is 0 Å². The van der Waals surface area contributed by atoms with E-state index in [9.17, 15) is 4.79 Å². The van der Waals surface area contributed by atoms with Gasteiger partial charge < -0.3 is 35.7 Å². The second-order valence-corrected chi connectivity index (χ2v) is 8.83. The number of benzene rings is 3. The molecule has 4 aromatic rings. The normalized spacial score (nSPS) is 10.8. The molecule has 5 N–H and O–H groups in total. The number of nitrogens with two attached hydrogens (primary N) is 2. The van der Waals surface area contributed by atoms with Crippen molar-refractivity contribution >= 4 is 33.9 Å². The predicted octanol–water partition coefficient (Wildman–Crippen LogP) is 4.66. The molecule has 0 fully saturated rings. The van der Waals surface area contributed by atoms with Crippen LogP contribution in [0, 0.1) is 12.3 Å². The van der Waals surface area contributed by atoms with Crippen molar-refractivity contribution < 1.29 is 23.7 Å². The van der Waals surface area contributed by atoms with Crippen LogP contribution in [0.3, 0.4) is 0 Å². The van der Waals surface area contributed by atoms with Crippen LogP contribution in [0.25, 0.3) is 10.8 Å². The van der Waals surface area contributed by atoms with Crippen LogP contribution in [0.4, 0.5) is 17.2 Å². The van der Waals surface area contributed by atoms with Gasteiger partial charge in [0.2, 0.25) is 5.91 Å². The highest BCUT2D eigenvalue weighted by atomic mass is 16.5. The number of primary amides is 1. The van der Waals surface area contributed by atoms with Gasteiger partial charge in [-0.05, 0) is 42.3 Å². The van der Waals surface area contributed by atoms with E-state index in [2.05, 4.69) is 16.2 Å². The third kappa shape index (κ3) is 7.27. The predicted molar refractivity (Wildman–Crippen MR) is 156 cm³/mol. The first-order chi connectivity index (χ1) is 19.5. The zero-order valence-corrected chi connectivity index (χ0v) is 22.3. The maximum atomic E-state index is 12.3. The summed E-state index contributed by atoms with van der Waals surface area (Å²) in [6, 6.07) is 18.3. The molecule has 1 amide bonds. The molecule has 0 bridgehead atoms. The summed E-state index contributed by atoms with van der Waals surface area (Å²) in [6.07, 6.45) is 7.71. The number of nitrogen functional groups attached to an aromatic ring is 1. The smallest absolute Gasteiger partial charge is 0.249 e. The molecule has 1 aromatic heterocycles. The highest BCUT2D eigenvalue weighted by Crippen LogP contribution is 2.34. The number of fused-ring (bicyclic) bond motifs is 1. The Kier molecular flexibility index (Phi) is 9.91. The number of amides is 1. The number of carbonyl (C=O) groups excluding carboxylic acids is 1. The first-order valence-electron chi connectivity index (χ1n) is 12.8. The van der Waals surface area contributed by atoms with Gasteiger partial charge in [-0.1, -0.05) is 30.2 Å². The number of hydrogen-bond acceptors (Lipinski definition) is 8. The number of anilines is 3. The Labute approximate surface area is 233 Å². The van der Waals surface area contributed by atoms with Gasteiger partial charge in [-0.2, -0.15) is 0 Å². The highest BCUT2D eigenvalue weighted by molar-refractivity contribution is 5.97. The number of ether oxygens (including phenoxy) is 4. The molecular formula is C31H32N4O5. The Balaban J connectivity index is 1.54. The topological polar surface area (TPSA) is 131 Å². The van der Waals surface area contributed by atoms with Crippen LogP contribution in [-0.2, 0) is 20.6 Å². The Bertz CT molecular complexity index is 1520. The second-order valence-electron chi connectivity index (χ2n) is 8.83. The van der Waals surface area contributed by atoms with Crippen LogP contribution in [0.15, 0.2) is 66.9 Å². The summed E-state index contributed by atoms with van der Waals surface area (Å²) >= 11 is 0. The number of carbonyl (C=O) groups is 1. The minimum atomic E-state index is -0.585. The SMILES string of the molecule is C#Cc1cc(Nc2cc(Oc3ccc(N)c4ccccc34)ccn2)c(CCOCCOCCOC)c(C(N)=O)c1. The lowest BCUT2D eigenvalue weighted by molar-refractivity contribution is 0.0255. The summed E-state index contributed by atoms with van der Waals surface area (Å²) in [5.74, 6) is 3.72. The number of pyridine rings is 1. The van der Waals surface area contributed by atoms with Crippen LogP contribution < -0.4 is 21.5 Å². The van der Waals surface area contributed by atoms with E-state index in [0.29, 0.717) is 84.8 Å². The molecule has 3 aromatic carbocycles. The van der Waals surface area contributed by atoms with Gasteiger partial charge in [-0.3, -0.25) is 4.79 Å². The van der Waals surface area contributed by atoms with Gasteiger partial charge >= 0.3 is 0 Å². The monoisotopic (exact) mass is 540 g/mol. The van der Waals surface area contributed by atoms with E-state index in [1.54, 1.807) is 37.6 Å². The second kappa shape index (κ2) is 14.0. The van der Waals surface area contributed by atoms with Crippen molar-refractivity contribution in [1.82, 2.24) is 4.98 Å². The molecule has 4 rings (SSSR count). The van der Waals surface area contributed by atoms with E-state index in [4.69, 9.17) is 36.8 Å². The van der Waals surface area contributed by atoms with Gasteiger partial charge in [0.15, 0.2) is 0 Å². The van der Waals surface area contributed by atoms with Crippen LogP contribution in [-0.4, -0.2) is 51.0 Å². The van der Waals surface area contributed by atoms with E-state index in [1.165, 1.54) is 0 Å². The molecular weight excluding hydrogens is 508 g/mol. The fourth-order valence-corrected chi connectivity index (χ4v) is 4.19. The lowest BCUT2D eigenvalue weighted by Crippen LogP contribution is -2.17. The Morgan fingerprint density at radius 1 is 0.975 bits per heavy atom. The molecule has 9 heteroatoms. The molecule has 0 aliphatic heterocycles. The molecule has 0 saturated carbocycles. The number of methoxy groups -OCH3 is 1. The van der Waals surface area contributed by atoms with Crippen LogP contribution >= 0.6 is 0 Å². The lowest BCUT2D eigenvalue weighted by Gasteiger charge is -2.17. The Hall–Kier alpha value is -4.62. The average molecular weight is 541 g/mol. The number of terminal acetylenes is 1. The largest absolute Gasteiger partial charge is 0.457 e. The third-order valence-corrected chi connectivity index (χ3v) is 6.12. The van der Waals surface area contributed by atoms with Crippen LogP contribution in [0.1, 0.15) is 21.5 Å². The molecule has 0 unspecified atom stereocenters. The standard InChI is InChI=1S/C31H32N4O5/c1-3-21-18-26(31(33)36)24(11-13-38-16-17-39-15-14-37-2)28(19-21)35-30-20-22(10-12-34-30)40-29-9-8-27(32)23-6-4-5-7-25(23)29/h1,4-10,12,18-20H,11,13-17,32H2,2H3,(H2,33,36)(H,34,35). The Morgan fingerprint density at radius 3 is 2.48 bits per heavy atom. The molecule has 40 heavy (non-hydrogen) atoms. The average Bonchev–Trinajstić information content (AvgIpc) is 2.96. The van der Waals surface area contributed by atoms with Crippen molar-refractivity contribution in [2.75, 3.05) is 51.2 Å². The summed E-state index contributed by atoms with van der Waals surface area (Å²) in [6.45, 7) is 2.21. The van der Waals surface area contributed by atoms with E-state index in [0.717, 1.165) is 10.8 Å². The zero-order valence-electron chi connectivity index (χ0n) is 22.3. The first kappa shape index (κ1) is 28.4. The molecule has 0 atom stereocenters. The summed E-state index contributed by atoms with van der Waals surface area (Å²) < 4.78 is 22.3. The zero-order chi connectivity index (χ0) is 28.3. The summed E-state index contributed by atoms with van der Waals surface area (Å²) in [4.78, 5) is 16.8. The molecule has 9 nitrogen and oxygen atoms in total. The summed E-state index contributed by atoms with van der Waals surface area (Å²) in [5, 5.41) is 5.09. The maximum absolute atomic E-state index is 12.3. The van der Waals surface area contributed by atoms with Gasteiger partial charge in [0.25, 0.3) is 0 Å². The van der Waals surface area contributed by atoms with Gasteiger partial charge in [-0.25, -0.2) is 4.98 Å². The first-order valence-corrected chi connectivity index (χ1v) is 12.8. The van der Waals surface area contributed by atoms with Gasteiger partial charge in [-0.15, -0.1) is 6.42 Å².